The molecule has 144 valence electrons. The highest BCUT2D eigenvalue weighted by molar-refractivity contribution is 5.77. The lowest BCUT2D eigenvalue weighted by Crippen LogP contribution is -2.38. The molecule has 1 amide bonds. The van der Waals surface area contributed by atoms with E-state index in [1.54, 1.807) is 0 Å². The highest BCUT2D eigenvalue weighted by atomic mass is 16.5. The van der Waals surface area contributed by atoms with Gasteiger partial charge in [0, 0.05) is 19.6 Å². The number of ether oxygens (including phenoxy) is 1. The minimum absolute atomic E-state index is 0.182. The fourth-order valence-electron chi connectivity index (χ4n) is 4.11. The fourth-order valence-corrected chi connectivity index (χ4v) is 4.11. The minimum Gasteiger partial charge on any atom is -0.368 e. The smallest absolute Gasteiger partial charge is 0.248 e. The van der Waals surface area contributed by atoms with E-state index in [1.807, 2.05) is 4.90 Å². The Labute approximate surface area is 158 Å². The van der Waals surface area contributed by atoms with Crippen molar-refractivity contribution in [3.8, 4) is 0 Å². The molecule has 26 heavy (non-hydrogen) atoms. The number of hydrogen-bond donors (Lipinski definition) is 0. The van der Waals surface area contributed by atoms with Crippen molar-refractivity contribution in [2.75, 3.05) is 39.3 Å². The predicted octanol–water partition coefficient (Wildman–Crippen LogP) is 3.50. The van der Waals surface area contributed by atoms with Crippen LogP contribution in [0.3, 0.4) is 0 Å². The molecule has 1 aliphatic carbocycles. The topological polar surface area (TPSA) is 32.8 Å². The summed E-state index contributed by atoms with van der Waals surface area (Å²) in [6.07, 6.45) is 9.78. The first-order chi connectivity index (χ1) is 12.8. The second kappa shape index (κ2) is 10.7. The largest absolute Gasteiger partial charge is 0.368 e. The monoisotopic (exact) mass is 358 g/mol. The molecule has 0 unspecified atom stereocenters. The van der Waals surface area contributed by atoms with E-state index in [0.717, 1.165) is 58.4 Å². The number of benzene rings is 1. The van der Waals surface area contributed by atoms with Crippen molar-refractivity contribution in [1.29, 1.82) is 0 Å². The highest BCUT2D eigenvalue weighted by Gasteiger charge is 2.21. The normalized spacial score (nSPS) is 20.1. The SMILES string of the molecule is O=C(COC1CCCCC1)N1CCCN(CCCc2ccccc2)CC1. The number of carbonyl (C=O) groups is 1. The summed E-state index contributed by atoms with van der Waals surface area (Å²) in [7, 11) is 0. The van der Waals surface area contributed by atoms with Gasteiger partial charge in [0.05, 0.1) is 6.10 Å². The van der Waals surface area contributed by atoms with Crippen molar-refractivity contribution in [1.82, 2.24) is 9.80 Å². The molecule has 0 radical (unpaired) electrons. The van der Waals surface area contributed by atoms with Gasteiger partial charge < -0.3 is 14.5 Å². The van der Waals surface area contributed by atoms with Crippen molar-refractivity contribution < 1.29 is 9.53 Å². The molecule has 2 fully saturated rings. The molecule has 1 aromatic carbocycles. The molecular weight excluding hydrogens is 324 g/mol. The molecule has 0 N–H and O–H groups in total. The second-order valence-corrected chi connectivity index (χ2v) is 7.74. The van der Waals surface area contributed by atoms with Crippen molar-refractivity contribution in [2.45, 2.75) is 57.5 Å². The summed E-state index contributed by atoms with van der Waals surface area (Å²) in [5.41, 5.74) is 1.42. The number of rotatable bonds is 7. The first-order valence-electron chi connectivity index (χ1n) is 10.5. The van der Waals surface area contributed by atoms with Gasteiger partial charge >= 0.3 is 0 Å². The van der Waals surface area contributed by atoms with Gasteiger partial charge in [-0.1, -0.05) is 49.6 Å². The van der Waals surface area contributed by atoms with Crippen molar-refractivity contribution >= 4 is 5.91 Å². The van der Waals surface area contributed by atoms with E-state index >= 15 is 0 Å². The number of carbonyl (C=O) groups excluding carboxylic acids is 1. The van der Waals surface area contributed by atoms with E-state index in [1.165, 1.54) is 31.2 Å². The molecule has 1 aromatic rings. The van der Waals surface area contributed by atoms with E-state index < -0.39 is 0 Å². The molecule has 0 atom stereocenters. The zero-order valence-electron chi connectivity index (χ0n) is 16.1. The van der Waals surface area contributed by atoms with Gasteiger partial charge in [-0.05, 0) is 50.8 Å². The van der Waals surface area contributed by atoms with E-state index in [4.69, 9.17) is 4.74 Å². The molecular formula is C22H34N2O2. The van der Waals surface area contributed by atoms with Gasteiger partial charge in [0.1, 0.15) is 6.61 Å². The third-order valence-corrected chi connectivity index (χ3v) is 5.72. The molecule has 0 spiro atoms. The predicted molar refractivity (Wildman–Crippen MR) is 105 cm³/mol. The van der Waals surface area contributed by atoms with Crippen LogP contribution in [-0.2, 0) is 16.0 Å². The summed E-state index contributed by atoms with van der Waals surface area (Å²) in [4.78, 5) is 17.0. The Hall–Kier alpha value is -1.39. The van der Waals surface area contributed by atoms with Gasteiger partial charge in [-0.15, -0.1) is 0 Å². The van der Waals surface area contributed by atoms with Crippen molar-refractivity contribution in [3.63, 3.8) is 0 Å². The lowest BCUT2D eigenvalue weighted by atomic mass is 9.98. The molecule has 3 rings (SSSR count). The Kier molecular flexibility index (Phi) is 7.96. The number of nitrogens with zero attached hydrogens (tertiary/aromatic N) is 2. The zero-order chi connectivity index (χ0) is 18.0. The van der Waals surface area contributed by atoms with Crippen LogP contribution < -0.4 is 0 Å². The molecule has 1 saturated heterocycles. The maximum Gasteiger partial charge on any atom is 0.248 e. The summed E-state index contributed by atoms with van der Waals surface area (Å²) in [6, 6.07) is 10.7. The van der Waals surface area contributed by atoms with Gasteiger partial charge in [0.25, 0.3) is 0 Å². The van der Waals surface area contributed by atoms with Gasteiger partial charge in [0.2, 0.25) is 5.91 Å². The Morgan fingerprint density at radius 3 is 2.58 bits per heavy atom. The molecule has 4 heteroatoms. The van der Waals surface area contributed by atoms with Crippen LogP contribution in [0, 0.1) is 0 Å². The Morgan fingerprint density at radius 1 is 0.962 bits per heavy atom. The maximum absolute atomic E-state index is 12.5. The Balaban J connectivity index is 1.33. The standard InChI is InChI=1S/C22H34N2O2/c25-22(19-26-21-12-5-2-6-13-21)24-16-8-15-23(17-18-24)14-7-11-20-9-3-1-4-10-20/h1,3-4,9-10,21H,2,5-8,11-19H2. The van der Waals surface area contributed by atoms with Crippen LogP contribution in [-0.4, -0.2) is 61.1 Å². The first-order valence-corrected chi connectivity index (χ1v) is 10.5. The highest BCUT2D eigenvalue weighted by Crippen LogP contribution is 2.20. The van der Waals surface area contributed by atoms with E-state index in [9.17, 15) is 4.79 Å². The van der Waals surface area contributed by atoms with Crippen LogP contribution in [0.15, 0.2) is 30.3 Å². The van der Waals surface area contributed by atoms with Gasteiger partial charge in [-0.3, -0.25) is 4.79 Å². The fraction of sp³-hybridized carbons (Fsp3) is 0.682. The van der Waals surface area contributed by atoms with Crippen LogP contribution in [0.2, 0.25) is 0 Å². The molecule has 2 aliphatic rings. The number of aryl methyl sites for hydroxylation is 1. The molecule has 1 heterocycles. The summed E-state index contributed by atoms with van der Waals surface area (Å²) < 4.78 is 5.87. The Bertz CT molecular complexity index is 528. The quantitative estimate of drug-likeness (QED) is 0.748. The zero-order valence-corrected chi connectivity index (χ0v) is 16.1. The second-order valence-electron chi connectivity index (χ2n) is 7.74. The van der Waals surface area contributed by atoms with E-state index in [-0.39, 0.29) is 12.5 Å². The van der Waals surface area contributed by atoms with Gasteiger partial charge in [-0.25, -0.2) is 0 Å². The molecule has 1 saturated carbocycles. The van der Waals surface area contributed by atoms with Crippen LogP contribution in [0.5, 0.6) is 0 Å². The Morgan fingerprint density at radius 2 is 1.77 bits per heavy atom. The van der Waals surface area contributed by atoms with Crippen molar-refractivity contribution in [2.24, 2.45) is 0 Å². The summed E-state index contributed by atoms with van der Waals surface area (Å²) >= 11 is 0. The molecule has 0 bridgehead atoms. The van der Waals surface area contributed by atoms with Crippen LogP contribution in [0.25, 0.3) is 0 Å². The van der Waals surface area contributed by atoms with Gasteiger partial charge in [0.15, 0.2) is 0 Å². The summed E-state index contributed by atoms with van der Waals surface area (Å²) in [5, 5.41) is 0. The van der Waals surface area contributed by atoms with Crippen LogP contribution in [0.1, 0.15) is 50.5 Å². The van der Waals surface area contributed by atoms with Gasteiger partial charge in [-0.2, -0.15) is 0 Å². The lowest BCUT2D eigenvalue weighted by Gasteiger charge is -2.25. The average molecular weight is 359 g/mol. The molecule has 0 aromatic heterocycles. The molecule has 1 aliphatic heterocycles. The van der Waals surface area contributed by atoms with E-state index in [2.05, 4.69) is 35.2 Å². The molecule has 4 nitrogen and oxygen atoms in total. The maximum atomic E-state index is 12.5. The third-order valence-electron chi connectivity index (χ3n) is 5.72. The summed E-state index contributed by atoms with van der Waals surface area (Å²) in [6.45, 7) is 5.21. The first kappa shape index (κ1) is 19.4. The lowest BCUT2D eigenvalue weighted by molar-refractivity contribution is -0.138. The van der Waals surface area contributed by atoms with Crippen LogP contribution in [0.4, 0.5) is 0 Å². The number of hydrogen-bond acceptors (Lipinski definition) is 3. The van der Waals surface area contributed by atoms with Crippen LogP contribution >= 0.6 is 0 Å². The minimum atomic E-state index is 0.182. The summed E-state index contributed by atoms with van der Waals surface area (Å²) in [5.74, 6) is 0.182. The third kappa shape index (κ3) is 6.40. The van der Waals surface area contributed by atoms with E-state index in [0.29, 0.717) is 6.10 Å². The van der Waals surface area contributed by atoms with Crippen molar-refractivity contribution in [3.05, 3.63) is 35.9 Å². The average Bonchev–Trinajstić information content (AvgIpc) is 2.94. The number of amides is 1.